The lowest BCUT2D eigenvalue weighted by atomic mass is 10.2. The van der Waals surface area contributed by atoms with Crippen LogP contribution in [0.5, 0.6) is 0 Å². The third kappa shape index (κ3) is 4.05. The van der Waals surface area contributed by atoms with Crippen LogP contribution in [-0.4, -0.2) is 18.0 Å². The van der Waals surface area contributed by atoms with Crippen molar-refractivity contribution in [2.45, 2.75) is 6.61 Å². The van der Waals surface area contributed by atoms with Gasteiger partial charge in [-0.1, -0.05) is 12.1 Å². The second-order valence-electron chi connectivity index (χ2n) is 2.90. The second-order valence-corrected chi connectivity index (χ2v) is 3.77. The van der Waals surface area contributed by atoms with Crippen molar-refractivity contribution in [1.82, 2.24) is 0 Å². The van der Waals surface area contributed by atoms with Crippen LogP contribution in [-0.2, 0) is 16.1 Å². The van der Waals surface area contributed by atoms with Gasteiger partial charge in [-0.3, -0.25) is 4.79 Å². The predicted octanol–water partition coefficient (Wildman–Crippen LogP) is 1.96. The van der Waals surface area contributed by atoms with Crippen molar-refractivity contribution in [3.05, 3.63) is 35.4 Å². The summed E-state index contributed by atoms with van der Waals surface area (Å²) in [5.41, 5.74) is 1.50. The monoisotopic (exact) mass is 221 g/mol. The zero-order valence-electron chi connectivity index (χ0n) is 8.40. The van der Waals surface area contributed by atoms with E-state index >= 15 is 0 Å². The average molecular weight is 221 g/mol. The minimum absolute atomic E-state index is 0.216. The van der Waals surface area contributed by atoms with Crippen molar-refractivity contribution in [2.24, 2.45) is 0 Å². The van der Waals surface area contributed by atoms with E-state index in [2.05, 4.69) is 0 Å². The van der Waals surface area contributed by atoms with Crippen LogP contribution in [0.25, 0.3) is 0 Å². The molecule has 0 N–H and O–H groups in total. The number of hydrogen-bond acceptors (Lipinski definition) is 4. The summed E-state index contributed by atoms with van der Waals surface area (Å²) < 4.78 is 5.00. The Labute approximate surface area is 93.0 Å². The van der Waals surface area contributed by atoms with Crippen LogP contribution in [0.15, 0.2) is 24.3 Å². The van der Waals surface area contributed by atoms with Crippen LogP contribution in [0.1, 0.15) is 11.1 Å². The molecular weight excluding hydrogens is 210 g/mol. The molecule has 0 aliphatic heterocycles. The summed E-state index contributed by atoms with van der Waals surface area (Å²) in [6, 6.07) is 9.01. The van der Waals surface area contributed by atoms with Crippen molar-refractivity contribution in [1.29, 1.82) is 5.26 Å². The fourth-order valence-corrected chi connectivity index (χ4v) is 1.32. The van der Waals surface area contributed by atoms with Gasteiger partial charge in [-0.05, 0) is 24.0 Å². The van der Waals surface area contributed by atoms with Crippen LogP contribution >= 0.6 is 11.8 Å². The molecular formula is C11H11NO2S. The summed E-state index contributed by atoms with van der Waals surface area (Å²) in [6.07, 6.45) is 1.85. The molecule has 0 aromatic heterocycles. The van der Waals surface area contributed by atoms with Gasteiger partial charge in [-0.2, -0.15) is 17.0 Å². The van der Waals surface area contributed by atoms with E-state index in [0.717, 1.165) is 5.56 Å². The molecule has 1 aromatic carbocycles. The van der Waals surface area contributed by atoms with Crippen LogP contribution in [0.2, 0.25) is 0 Å². The maximum absolute atomic E-state index is 11.0. The molecule has 1 aromatic rings. The Bertz CT molecular complexity index is 367. The molecule has 4 heteroatoms. The van der Waals surface area contributed by atoms with Crippen LogP contribution in [0, 0.1) is 11.3 Å². The molecule has 0 spiro atoms. The zero-order valence-corrected chi connectivity index (χ0v) is 9.21. The standard InChI is InChI=1S/C11H11NO2S/c1-15-8-11(13)14-7-10-4-2-9(6-12)3-5-10/h2-5H,7-8H2,1H3. The van der Waals surface area contributed by atoms with Gasteiger partial charge in [0.05, 0.1) is 17.4 Å². The molecule has 0 amide bonds. The first-order chi connectivity index (χ1) is 7.26. The van der Waals surface area contributed by atoms with Crippen molar-refractivity contribution in [3.8, 4) is 6.07 Å². The summed E-state index contributed by atoms with van der Waals surface area (Å²) in [4.78, 5) is 11.0. The van der Waals surface area contributed by atoms with E-state index < -0.39 is 0 Å². The van der Waals surface area contributed by atoms with Gasteiger partial charge in [0.25, 0.3) is 0 Å². The molecule has 0 heterocycles. The Kier molecular flexibility index (Phi) is 4.72. The van der Waals surface area contributed by atoms with E-state index in [1.165, 1.54) is 11.8 Å². The van der Waals surface area contributed by atoms with Crippen LogP contribution in [0.4, 0.5) is 0 Å². The second kappa shape index (κ2) is 6.10. The highest BCUT2D eigenvalue weighted by Gasteiger charge is 2.01. The van der Waals surface area contributed by atoms with Gasteiger partial charge in [0.1, 0.15) is 6.61 Å². The number of carbonyl (C=O) groups is 1. The van der Waals surface area contributed by atoms with E-state index in [1.54, 1.807) is 24.3 Å². The summed E-state index contributed by atoms with van der Waals surface area (Å²) in [5.74, 6) is 0.155. The molecule has 0 atom stereocenters. The van der Waals surface area contributed by atoms with Gasteiger partial charge in [-0.15, -0.1) is 0 Å². The van der Waals surface area contributed by atoms with Crippen molar-refractivity contribution in [3.63, 3.8) is 0 Å². The number of nitrogens with zero attached hydrogens (tertiary/aromatic N) is 1. The van der Waals surface area contributed by atoms with Crippen LogP contribution in [0.3, 0.4) is 0 Å². The normalized spacial score (nSPS) is 9.33. The summed E-state index contributed by atoms with van der Waals surface area (Å²) in [6.45, 7) is 0.269. The summed E-state index contributed by atoms with van der Waals surface area (Å²) >= 11 is 1.43. The van der Waals surface area contributed by atoms with Gasteiger partial charge in [0.2, 0.25) is 0 Å². The first kappa shape index (κ1) is 11.6. The van der Waals surface area contributed by atoms with Crippen molar-refractivity contribution in [2.75, 3.05) is 12.0 Å². The molecule has 0 fully saturated rings. The van der Waals surface area contributed by atoms with E-state index in [1.807, 2.05) is 12.3 Å². The SMILES string of the molecule is CSCC(=O)OCc1ccc(C#N)cc1. The first-order valence-electron chi connectivity index (χ1n) is 4.40. The van der Waals surface area contributed by atoms with E-state index in [-0.39, 0.29) is 12.6 Å². The van der Waals surface area contributed by atoms with Crippen molar-refractivity contribution < 1.29 is 9.53 Å². The van der Waals surface area contributed by atoms with Crippen LogP contribution < -0.4 is 0 Å². The molecule has 0 radical (unpaired) electrons. The number of esters is 1. The molecule has 15 heavy (non-hydrogen) atoms. The van der Waals surface area contributed by atoms with Gasteiger partial charge in [0.15, 0.2) is 0 Å². The quantitative estimate of drug-likeness (QED) is 0.729. The smallest absolute Gasteiger partial charge is 0.316 e. The number of thioether (sulfide) groups is 1. The number of ether oxygens (including phenoxy) is 1. The maximum Gasteiger partial charge on any atom is 0.316 e. The van der Waals surface area contributed by atoms with E-state index in [9.17, 15) is 4.79 Å². The lowest BCUT2D eigenvalue weighted by Crippen LogP contribution is -2.06. The molecule has 1 rings (SSSR count). The predicted molar refractivity (Wildman–Crippen MR) is 59.3 cm³/mol. The molecule has 0 aliphatic rings. The number of carbonyl (C=O) groups excluding carboxylic acids is 1. The molecule has 0 aliphatic carbocycles. The minimum atomic E-state index is -0.216. The first-order valence-corrected chi connectivity index (χ1v) is 5.79. The lowest BCUT2D eigenvalue weighted by Gasteiger charge is -2.03. The third-order valence-electron chi connectivity index (χ3n) is 1.75. The Morgan fingerprint density at radius 2 is 2.13 bits per heavy atom. The highest BCUT2D eigenvalue weighted by molar-refractivity contribution is 7.99. The fraction of sp³-hybridized carbons (Fsp3) is 0.273. The Hall–Kier alpha value is -1.47. The third-order valence-corrected chi connectivity index (χ3v) is 2.27. The molecule has 3 nitrogen and oxygen atoms in total. The minimum Gasteiger partial charge on any atom is -0.460 e. The van der Waals surface area contributed by atoms with E-state index in [4.69, 9.17) is 10.00 Å². The number of rotatable bonds is 4. The molecule has 0 unspecified atom stereocenters. The van der Waals surface area contributed by atoms with E-state index in [0.29, 0.717) is 11.3 Å². The molecule has 78 valence electrons. The maximum atomic E-state index is 11.0. The Morgan fingerprint density at radius 1 is 1.47 bits per heavy atom. The molecule has 0 bridgehead atoms. The number of benzene rings is 1. The van der Waals surface area contributed by atoms with Gasteiger partial charge < -0.3 is 4.74 Å². The topological polar surface area (TPSA) is 50.1 Å². The van der Waals surface area contributed by atoms with Gasteiger partial charge in [0, 0.05) is 0 Å². The Morgan fingerprint density at radius 3 is 2.67 bits per heavy atom. The number of nitriles is 1. The Balaban J connectivity index is 2.45. The van der Waals surface area contributed by atoms with Gasteiger partial charge in [-0.25, -0.2) is 0 Å². The average Bonchev–Trinajstić information content (AvgIpc) is 2.27. The molecule has 0 saturated heterocycles. The molecule has 0 saturated carbocycles. The largest absolute Gasteiger partial charge is 0.460 e. The highest BCUT2D eigenvalue weighted by atomic mass is 32.2. The van der Waals surface area contributed by atoms with Crippen molar-refractivity contribution >= 4 is 17.7 Å². The van der Waals surface area contributed by atoms with Gasteiger partial charge >= 0.3 is 5.97 Å². The summed E-state index contributed by atoms with van der Waals surface area (Å²) in [5, 5.41) is 8.58. The zero-order chi connectivity index (χ0) is 11.1. The lowest BCUT2D eigenvalue weighted by molar-refractivity contribution is -0.141. The number of hydrogen-bond donors (Lipinski definition) is 0. The fourth-order valence-electron chi connectivity index (χ4n) is 0.999. The summed E-state index contributed by atoms with van der Waals surface area (Å²) in [7, 11) is 0. The highest BCUT2D eigenvalue weighted by Crippen LogP contribution is 2.05.